The third kappa shape index (κ3) is 1.78. The van der Waals surface area contributed by atoms with Crippen LogP contribution in [0.2, 0.25) is 0 Å². The zero-order chi connectivity index (χ0) is 11.7. The van der Waals surface area contributed by atoms with E-state index >= 15 is 0 Å². The molecule has 0 aromatic carbocycles. The van der Waals surface area contributed by atoms with E-state index in [1.165, 1.54) is 12.8 Å². The molecule has 2 aromatic rings. The molecule has 0 radical (unpaired) electrons. The third-order valence-electron chi connectivity index (χ3n) is 3.45. The predicted octanol–water partition coefficient (Wildman–Crippen LogP) is 2.02. The summed E-state index contributed by atoms with van der Waals surface area (Å²) in [6.45, 7) is 2.10. The molecule has 4 nitrogen and oxygen atoms in total. The molecule has 3 heterocycles. The molecule has 1 aliphatic heterocycles. The van der Waals surface area contributed by atoms with Crippen LogP contribution in [0.3, 0.4) is 0 Å². The van der Waals surface area contributed by atoms with Gasteiger partial charge in [0.25, 0.3) is 0 Å². The summed E-state index contributed by atoms with van der Waals surface area (Å²) in [6.07, 6.45) is 6.04. The van der Waals surface area contributed by atoms with Gasteiger partial charge in [0.2, 0.25) is 0 Å². The number of fused-ring (bicyclic) bond motifs is 1. The molecule has 0 bridgehead atoms. The summed E-state index contributed by atoms with van der Waals surface area (Å²) in [7, 11) is 2.00. The van der Waals surface area contributed by atoms with Crippen molar-refractivity contribution in [3.63, 3.8) is 0 Å². The van der Waals surface area contributed by atoms with Gasteiger partial charge in [0.15, 0.2) is 0 Å². The maximum Gasteiger partial charge on any atom is 0.139 e. The van der Waals surface area contributed by atoms with Crippen molar-refractivity contribution in [2.45, 2.75) is 18.9 Å². The van der Waals surface area contributed by atoms with Crippen molar-refractivity contribution in [1.82, 2.24) is 10.3 Å². The van der Waals surface area contributed by atoms with Crippen molar-refractivity contribution in [3.8, 4) is 0 Å². The Morgan fingerprint density at radius 3 is 3.35 bits per heavy atom. The van der Waals surface area contributed by atoms with Crippen molar-refractivity contribution in [2.24, 2.45) is 0 Å². The predicted molar refractivity (Wildman–Crippen MR) is 68.3 cm³/mol. The van der Waals surface area contributed by atoms with Gasteiger partial charge < -0.3 is 14.6 Å². The Labute approximate surface area is 101 Å². The maximum absolute atomic E-state index is 5.43. The van der Waals surface area contributed by atoms with Crippen LogP contribution < -0.4 is 10.2 Å². The molecule has 4 heteroatoms. The normalized spacial score (nSPS) is 20.3. The van der Waals surface area contributed by atoms with E-state index in [1.54, 1.807) is 6.26 Å². The van der Waals surface area contributed by atoms with E-state index in [-0.39, 0.29) is 0 Å². The second-order valence-corrected chi connectivity index (χ2v) is 4.51. The molecule has 2 aromatic heterocycles. The first-order chi connectivity index (χ1) is 8.40. The van der Waals surface area contributed by atoms with Gasteiger partial charge in [-0.15, -0.1) is 0 Å². The minimum atomic E-state index is 0.549. The monoisotopic (exact) mass is 231 g/mol. The molecule has 1 fully saturated rings. The number of aromatic nitrogens is 1. The van der Waals surface area contributed by atoms with Crippen LogP contribution in [0.5, 0.6) is 0 Å². The topological polar surface area (TPSA) is 41.3 Å². The van der Waals surface area contributed by atoms with Gasteiger partial charge in [-0.3, -0.25) is 0 Å². The van der Waals surface area contributed by atoms with E-state index in [0.717, 1.165) is 29.9 Å². The van der Waals surface area contributed by atoms with Crippen LogP contribution in [0.15, 0.2) is 29.0 Å². The van der Waals surface area contributed by atoms with E-state index < -0.39 is 0 Å². The van der Waals surface area contributed by atoms with E-state index in [9.17, 15) is 0 Å². The molecule has 1 aliphatic rings. The van der Waals surface area contributed by atoms with E-state index in [2.05, 4.69) is 15.2 Å². The van der Waals surface area contributed by atoms with Crippen molar-refractivity contribution >= 4 is 16.8 Å². The third-order valence-corrected chi connectivity index (χ3v) is 3.45. The largest absolute Gasteiger partial charge is 0.464 e. The minimum absolute atomic E-state index is 0.549. The second-order valence-electron chi connectivity index (χ2n) is 4.51. The van der Waals surface area contributed by atoms with Gasteiger partial charge in [-0.25, -0.2) is 4.98 Å². The molecule has 0 spiro atoms. The van der Waals surface area contributed by atoms with Crippen molar-refractivity contribution in [2.75, 3.05) is 25.0 Å². The summed E-state index contributed by atoms with van der Waals surface area (Å²) in [6, 6.07) is 4.47. The summed E-state index contributed by atoms with van der Waals surface area (Å²) in [5.74, 6) is 1.06. The van der Waals surface area contributed by atoms with Gasteiger partial charge in [0.1, 0.15) is 11.4 Å². The van der Waals surface area contributed by atoms with Crippen LogP contribution >= 0.6 is 0 Å². The second kappa shape index (κ2) is 4.37. The fraction of sp³-hybridized carbons (Fsp3) is 0.462. The summed E-state index contributed by atoms with van der Waals surface area (Å²) in [5.41, 5.74) is 0.921. The molecule has 17 heavy (non-hydrogen) atoms. The smallest absolute Gasteiger partial charge is 0.139 e. The molecule has 90 valence electrons. The van der Waals surface area contributed by atoms with Crippen LogP contribution in [0, 0.1) is 0 Å². The molecule has 0 saturated carbocycles. The zero-order valence-corrected chi connectivity index (χ0v) is 10.0. The average Bonchev–Trinajstić information content (AvgIpc) is 2.96. The van der Waals surface area contributed by atoms with Crippen LogP contribution in [0.4, 0.5) is 5.82 Å². The number of hydrogen-bond acceptors (Lipinski definition) is 4. The standard InChI is InChI=1S/C13H17N3O/c1-14-9-10-3-2-7-16(10)13-11-5-8-17-12(11)4-6-15-13/h4-6,8,10,14H,2-3,7,9H2,1H3. The van der Waals surface area contributed by atoms with Gasteiger partial charge in [-0.2, -0.15) is 0 Å². The SMILES string of the molecule is CNCC1CCCN1c1nccc2occc12. The highest BCUT2D eigenvalue weighted by Gasteiger charge is 2.26. The first-order valence-electron chi connectivity index (χ1n) is 6.13. The molecule has 1 unspecified atom stereocenters. The number of nitrogens with zero attached hydrogens (tertiary/aromatic N) is 2. The van der Waals surface area contributed by atoms with Crippen LogP contribution in [-0.4, -0.2) is 31.2 Å². The van der Waals surface area contributed by atoms with E-state index in [0.29, 0.717) is 6.04 Å². The lowest BCUT2D eigenvalue weighted by Crippen LogP contribution is -2.37. The van der Waals surface area contributed by atoms with E-state index in [1.807, 2.05) is 25.4 Å². The molecule has 1 atom stereocenters. The highest BCUT2D eigenvalue weighted by Crippen LogP contribution is 2.30. The maximum atomic E-state index is 5.43. The number of anilines is 1. The molecule has 1 N–H and O–H groups in total. The molecular formula is C13H17N3O. The highest BCUT2D eigenvalue weighted by molar-refractivity contribution is 5.88. The van der Waals surface area contributed by atoms with Crippen molar-refractivity contribution < 1.29 is 4.42 Å². The fourth-order valence-corrected chi connectivity index (χ4v) is 2.67. The number of hydrogen-bond donors (Lipinski definition) is 1. The van der Waals surface area contributed by atoms with Crippen LogP contribution in [-0.2, 0) is 0 Å². The number of rotatable bonds is 3. The number of likely N-dealkylation sites (N-methyl/N-ethyl adjacent to an activating group) is 1. The Hall–Kier alpha value is -1.55. The Morgan fingerprint density at radius 1 is 1.53 bits per heavy atom. The Bertz CT molecular complexity index is 508. The van der Waals surface area contributed by atoms with Crippen molar-refractivity contribution in [3.05, 3.63) is 24.6 Å². The Kier molecular flexibility index (Phi) is 2.73. The summed E-state index contributed by atoms with van der Waals surface area (Å²) < 4.78 is 5.43. The van der Waals surface area contributed by atoms with Gasteiger partial charge in [-0.1, -0.05) is 0 Å². The zero-order valence-electron chi connectivity index (χ0n) is 10.0. The molecule has 0 aliphatic carbocycles. The fourth-order valence-electron chi connectivity index (χ4n) is 2.67. The van der Waals surface area contributed by atoms with Gasteiger partial charge in [0.05, 0.1) is 11.6 Å². The van der Waals surface area contributed by atoms with Crippen LogP contribution in [0.1, 0.15) is 12.8 Å². The van der Waals surface area contributed by atoms with Gasteiger partial charge in [0, 0.05) is 25.3 Å². The number of furan rings is 1. The summed E-state index contributed by atoms with van der Waals surface area (Å²) >= 11 is 0. The molecule has 3 rings (SSSR count). The Morgan fingerprint density at radius 2 is 2.47 bits per heavy atom. The summed E-state index contributed by atoms with van der Waals surface area (Å²) in [4.78, 5) is 6.93. The van der Waals surface area contributed by atoms with Crippen LogP contribution in [0.25, 0.3) is 11.0 Å². The Balaban J connectivity index is 1.99. The lowest BCUT2D eigenvalue weighted by molar-refractivity contribution is 0.609. The van der Waals surface area contributed by atoms with E-state index in [4.69, 9.17) is 4.42 Å². The highest BCUT2D eigenvalue weighted by atomic mass is 16.3. The lowest BCUT2D eigenvalue weighted by atomic mass is 10.2. The first-order valence-corrected chi connectivity index (χ1v) is 6.13. The number of nitrogens with one attached hydrogen (secondary N) is 1. The average molecular weight is 231 g/mol. The molecule has 0 amide bonds. The molecular weight excluding hydrogens is 214 g/mol. The molecule has 1 saturated heterocycles. The summed E-state index contributed by atoms with van der Waals surface area (Å²) in [5, 5.41) is 4.38. The van der Waals surface area contributed by atoms with Crippen molar-refractivity contribution in [1.29, 1.82) is 0 Å². The van der Waals surface area contributed by atoms with Gasteiger partial charge in [-0.05, 0) is 32.0 Å². The lowest BCUT2D eigenvalue weighted by Gasteiger charge is -2.25. The minimum Gasteiger partial charge on any atom is -0.464 e. The van der Waals surface area contributed by atoms with Gasteiger partial charge >= 0.3 is 0 Å². The quantitative estimate of drug-likeness (QED) is 0.877. The first kappa shape index (κ1) is 10.6. The number of pyridine rings is 1.